The van der Waals surface area contributed by atoms with Crippen LogP contribution < -0.4 is 4.74 Å². The van der Waals surface area contributed by atoms with Gasteiger partial charge in [0, 0.05) is 22.1 Å². The molecule has 5 heteroatoms. The molecule has 6 rings (SSSR count). The number of carbonyl (C=O) groups is 1. The van der Waals surface area contributed by atoms with E-state index in [4.69, 9.17) is 18.9 Å². The largest absolute Gasteiger partial charge is 0.486 e. The van der Waals surface area contributed by atoms with E-state index in [0.29, 0.717) is 24.7 Å². The molecule has 4 atom stereocenters. The first-order chi connectivity index (χ1) is 15.3. The van der Waals surface area contributed by atoms with E-state index in [2.05, 4.69) is 39.0 Å². The maximum Gasteiger partial charge on any atom is 0.337 e. The zero-order valence-corrected chi connectivity index (χ0v) is 19.2. The van der Waals surface area contributed by atoms with Crippen molar-refractivity contribution in [3.63, 3.8) is 0 Å². The molecule has 2 aromatic rings. The predicted molar refractivity (Wildman–Crippen MR) is 119 cm³/mol. The van der Waals surface area contributed by atoms with Crippen LogP contribution in [0.15, 0.2) is 42.5 Å². The highest BCUT2D eigenvalue weighted by Gasteiger charge is 2.74. The number of carbonyl (C=O) groups excluding carboxylic acids is 1. The predicted octanol–water partition coefficient (Wildman–Crippen LogP) is 4.95. The van der Waals surface area contributed by atoms with E-state index in [0.717, 1.165) is 16.9 Å². The van der Waals surface area contributed by atoms with Crippen LogP contribution in [0.2, 0.25) is 0 Å². The van der Waals surface area contributed by atoms with Gasteiger partial charge in [-0.15, -0.1) is 0 Å². The van der Waals surface area contributed by atoms with Crippen LogP contribution in [-0.2, 0) is 25.4 Å². The summed E-state index contributed by atoms with van der Waals surface area (Å²) < 4.78 is 24.1. The lowest BCUT2D eigenvalue weighted by molar-refractivity contribution is -0.130. The van der Waals surface area contributed by atoms with Gasteiger partial charge in [-0.05, 0) is 67.9 Å². The lowest BCUT2D eigenvalue weighted by Gasteiger charge is -2.48. The summed E-state index contributed by atoms with van der Waals surface area (Å²) in [5, 5.41) is 0. The third-order valence-corrected chi connectivity index (χ3v) is 9.32. The molecule has 2 heterocycles. The van der Waals surface area contributed by atoms with Gasteiger partial charge in [0.15, 0.2) is 0 Å². The monoisotopic (exact) mass is 434 g/mol. The van der Waals surface area contributed by atoms with Crippen molar-refractivity contribution in [1.82, 2.24) is 0 Å². The molecule has 2 saturated carbocycles. The van der Waals surface area contributed by atoms with E-state index in [1.54, 1.807) is 12.1 Å². The number of hydrogen-bond donors (Lipinski definition) is 0. The Hall–Kier alpha value is -2.37. The lowest BCUT2D eigenvalue weighted by Crippen LogP contribution is -2.54. The van der Waals surface area contributed by atoms with Crippen molar-refractivity contribution in [2.45, 2.75) is 56.8 Å². The van der Waals surface area contributed by atoms with E-state index >= 15 is 0 Å². The fourth-order valence-electron chi connectivity index (χ4n) is 7.25. The summed E-state index contributed by atoms with van der Waals surface area (Å²) in [5.74, 6) is 0.237. The van der Waals surface area contributed by atoms with Crippen LogP contribution in [0.3, 0.4) is 0 Å². The molecule has 2 bridgehead atoms. The molecular weight excluding hydrogens is 404 g/mol. The first-order valence-electron chi connectivity index (χ1n) is 11.6. The van der Waals surface area contributed by atoms with E-state index < -0.39 is 5.79 Å². The Bertz CT molecular complexity index is 1100. The van der Waals surface area contributed by atoms with Gasteiger partial charge in [0.1, 0.15) is 11.4 Å². The van der Waals surface area contributed by atoms with Crippen LogP contribution in [0.5, 0.6) is 5.75 Å². The van der Waals surface area contributed by atoms with Gasteiger partial charge in [0.25, 0.3) is 0 Å². The number of hydrogen-bond acceptors (Lipinski definition) is 5. The van der Waals surface area contributed by atoms with Crippen LogP contribution in [-0.4, -0.2) is 31.9 Å². The van der Waals surface area contributed by atoms with Gasteiger partial charge in [0.05, 0.1) is 25.9 Å². The molecule has 2 aromatic carbocycles. The van der Waals surface area contributed by atoms with E-state index in [9.17, 15) is 4.79 Å². The van der Waals surface area contributed by atoms with Crippen molar-refractivity contribution in [1.29, 1.82) is 0 Å². The lowest BCUT2D eigenvalue weighted by atomic mass is 9.56. The van der Waals surface area contributed by atoms with E-state index in [-0.39, 0.29) is 22.4 Å². The third-order valence-electron chi connectivity index (χ3n) is 9.32. The van der Waals surface area contributed by atoms with Gasteiger partial charge in [0.2, 0.25) is 5.79 Å². The second kappa shape index (κ2) is 6.36. The minimum Gasteiger partial charge on any atom is -0.486 e. The quantitative estimate of drug-likeness (QED) is 0.640. The molecule has 168 valence electrons. The van der Waals surface area contributed by atoms with Gasteiger partial charge in [-0.3, -0.25) is 0 Å². The highest BCUT2D eigenvalue weighted by molar-refractivity contribution is 5.89. The number of methoxy groups -OCH3 is 1. The van der Waals surface area contributed by atoms with E-state index in [1.807, 2.05) is 12.1 Å². The van der Waals surface area contributed by atoms with Crippen LogP contribution in [0.4, 0.5) is 0 Å². The maximum atomic E-state index is 11.9. The second-order valence-corrected chi connectivity index (χ2v) is 10.4. The average molecular weight is 435 g/mol. The molecule has 5 nitrogen and oxygen atoms in total. The molecule has 32 heavy (non-hydrogen) atoms. The summed E-state index contributed by atoms with van der Waals surface area (Å²) in [6, 6.07) is 13.7. The number of fused-ring (bicyclic) bond motifs is 7. The number of rotatable bonds is 3. The van der Waals surface area contributed by atoms with Crippen molar-refractivity contribution >= 4 is 5.97 Å². The Morgan fingerprint density at radius 2 is 1.69 bits per heavy atom. The number of ether oxygens (including phenoxy) is 4. The average Bonchev–Trinajstić information content (AvgIpc) is 3.54. The Labute approximate surface area is 189 Å². The van der Waals surface area contributed by atoms with Gasteiger partial charge >= 0.3 is 5.97 Å². The molecule has 2 aliphatic heterocycles. The van der Waals surface area contributed by atoms with Crippen molar-refractivity contribution in [3.8, 4) is 5.75 Å². The molecule has 0 aromatic heterocycles. The Morgan fingerprint density at radius 3 is 2.38 bits per heavy atom. The SMILES string of the molecule is COC(=O)c1ccc(C2(c3ccc4c(c3)C3(C)C5(C)CCC(C5)C3(C)O4)OCCO2)cc1. The van der Waals surface area contributed by atoms with Crippen LogP contribution in [0.25, 0.3) is 0 Å². The molecule has 2 aliphatic carbocycles. The van der Waals surface area contributed by atoms with Gasteiger partial charge < -0.3 is 18.9 Å². The molecule has 4 aliphatic rings. The molecule has 0 spiro atoms. The highest BCUT2D eigenvalue weighted by Crippen LogP contribution is 2.73. The minimum absolute atomic E-state index is 0.0528. The van der Waals surface area contributed by atoms with Crippen molar-refractivity contribution < 1.29 is 23.7 Å². The van der Waals surface area contributed by atoms with Crippen LogP contribution in [0, 0.1) is 11.3 Å². The normalized spacial score (nSPS) is 35.9. The highest BCUT2D eigenvalue weighted by atomic mass is 16.7. The zero-order valence-electron chi connectivity index (χ0n) is 19.2. The summed E-state index contributed by atoms with van der Waals surface area (Å²) in [6.45, 7) is 8.18. The standard InChI is InChI=1S/C27H30O5/c1-24-12-11-20(16-24)26(3)25(24,2)21-15-19(9-10-22(21)32-26)27(30-13-14-31-27)18-7-5-17(6-8-18)23(28)29-4/h5-10,15,20H,11-14,16H2,1-4H3. The molecule has 4 unspecified atom stereocenters. The topological polar surface area (TPSA) is 54.0 Å². The second-order valence-electron chi connectivity index (χ2n) is 10.4. The Morgan fingerprint density at radius 1 is 1.00 bits per heavy atom. The smallest absolute Gasteiger partial charge is 0.337 e. The summed E-state index contributed by atoms with van der Waals surface area (Å²) >= 11 is 0. The first-order valence-corrected chi connectivity index (χ1v) is 11.6. The van der Waals surface area contributed by atoms with Gasteiger partial charge in [-0.1, -0.05) is 26.0 Å². The molecule has 0 radical (unpaired) electrons. The van der Waals surface area contributed by atoms with Crippen LogP contribution >= 0.6 is 0 Å². The first kappa shape index (κ1) is 20.3. The van der Waals surface area contributed by atoms with Gasteiger partial charge in [-0.2, -0.15) is 0 Å². The zero-order chi connectivity index (χ0) is 22.4. The summed E-state index contributed by atoms with van der Waals surface area (Å²) in [5.41, 5.74) is 3.62. The van der Waals surface area contributed by atoms with Crippen molar-refractivity contribution in [2.75, 3.05) is 20.3 Å². The fraction of sp³-hybridized carbons (Fsp3) is 0.519. The Balaban J connectivity index is 1.46. The van der Waals surface area contributed by atoms with Crippen LogP contribution in [0.1, 0.15) is 67.1 Å². The summed E-state index contributed by atoms with van der Waals surface area (Å²) in [4.78, 5) is 11.9. The minimum atomic E-state index is -0.989. The number of esters is 1. The maximum absolute atomic E-state index is 11.9. The molecule has 0 amide bonds. The van der Waals surface area contributed by atoms with E-state index in [1.165, 1.54) is 31.9 Å². The molecule has 3 fully saturated rings. The molecular formula is C27H30O5. The molecule has 0 N–H and O–H groups in total. The Kier molecular flexibility index (Phi) is 4.02. The fourth-order valence-corrected chi connectivity index (χ4v) is 7.25. The van der Waals surface area contributed by atoms with Crippen molar-refractivity contribution in [2.24, 2.45) is 11.3 Å². The third kappa shape index (κ3) is 2.24. The van der Waals surface area contributed by atoms with Crippen molar-refractivity contribution in [3.05, 3.63) is 64.7 Å². The molecule has 1 saturated heterocycles. The summed E-state index contributed by atoms with van der Waals surface area (Å²) in [7, 11) is 1.39. The van der Waals surface area contributed by atoms with Gasteiger partial charge in [-0.25, -0.2) is 4.79 Å². The summed E-state index contributed by atoms with van der Waals surface area (Å²) in [6.07, 6.45) is 3.70. The number of benzene rings is 2.